The highest BCUT2D eigenvalue weighted by Gasteiger charge is 2.18. The van der Waals surface area contributed by atoms with E-state index >= 15 is 0 Å². The molecule has 5 heteroatoms. The first kappa shape index (κ1) is 17.6. The van der Waals surface area contributed by atoms with E-state index in [4.69, 9.17) is 11.6 Å². The van der Waals surface area contributed by atoms with Crippen molar-refractivity contribution in [3.8, 4) is 0 Å². The summed E-state index contributed by atoms with van der Waals surface area (Å²) in [4.78, 5) is 17.5. The number of carbonyl (C=O) groups is 1. The van der Waals surface area contributed by atoms with Gasteiger partial charge in [0.2, 0.25) is 5.91 Å². The molecule has 136 valence electrons. The van der Waals surface area contributed by atoms with Crippen LogP contribution in [0.4, 0.5) is 4.39 Å². The molecule has 3 aromatic rings. The van der Waals surface area contributed by atoms with Crippen LogP contribution in [0.2, 0.25) is 5.02 Å². The topological polar surface area (TPSA) is 36.1 Å². The van der Waals surface area contributed by atoms with Gasteiger partial charge in [-0.15, -0.1) is 0 Å². The third kappa shape index (κ3) is 3.81. The Bertz CT molecular complexity index is 1050. The summed E-state index contributed by atoms with van der Waals surface area (Å²) in [6.07, 6.45) is 8.13. The molecule has 27 heavy (non-hydrogen) atoms. The van der Waals surface area contributed by atoms with E-state index in [1.54, 1.807) is 23.1 Å². The predicted octanol–water partition coefficient (Wildman–Crippen LogP) is 5.29. The molecule has 1 aromatic heterocycles. The molecule has 0 saturated carbocycles. The number of nitrogens with zero attached hydrogens (tertiary/aromatic N) is 1. The maximum absolute atomic E-state index is 12.9. The number of aromatic amines is 1. The van der Waals surface area contributed by atoms with Crippen molar-refractivity contribution in [2.45, 2.75) is 6.42 Å². The number of hydrogen-bond acceptors (Lipinski definition) is 1. The Kier molecular flexibility index (Phi) is 4.82. The average molecular weight is 381 g/mol. The van der Waals surface area contributed by atoms with Gasteiger partial charge in [-0.25, -0.2) is 4.39 Å². The summed E-state index contributed by atoms with van der Waals surface area (Å²) in [7, 11) is 0. The van der Waals surface area contributed by atoms with E-state index < -0.39 is 0 Å². The van der Waals surface area contributed by atoms with E-state index in [1.165, 1.54) is 23.8 Å². The van der Waals surface area contributed by atoms with E-state index in [-0.39, 0.29) is 11.7 Å². The number of hydrogen-bond donors (Lipinski definition) is 1. The standard InChI is InChI=1S/C22H18ClFN2O/c23-17-4-7-21-19(13-17)20(14-25-21)16-9-11-26(12-10-16)22(27)8-3-15-1-5-18(24)6-2-15/h1-9,13-14,25H,10-12H2/b8-3+. The summed E-state index contributed by atoms with van der Waals surface area (Å²) in [5.41, 5.74) is 4.21. The van der Waals surface area contributed by atoms with Crippen molar-refractivity contribution in [2.24, 2.45) is 0 Å². The first-order valence-corrected chi connectivity index (χ1v) is 9.16. The summed E-state index contributed by atoms with van der Waals surface area (Å²) in [6, 6.07) is 11.9. The second-order valence-electron chi connectivity index (χ2n) is 6.54. The van der Waals surface area contributed by atoms with Gasteiger partial charge in [0, 0.05) is 46.9 Å². The van der Waals surface area contributed by atoms with Gasteiger partial charge in [-0.1, -0.05) is 29.8 Å². The number of carbonyl (C=O) groups excluding carboxylic acids is 1. The van der Waals surface area contributed by atoms with Crippen LogP contribution >= 0.6 is 11.6 Å². The molecule has 1 amide bonds. The van der Waals surface area contributed by atoms with Gasteiger partial charge in [-0.05, 0) is 54.0 Å². The SMILES string of the molecule is O=C(/C=C/c1ccc(F)cc1)N1CC=C(c2c[nH]c3ccc(Cl)cc23)CC1. The van der Waals surface area contributed by atoms with Gasteiger partial charge in [0.05, 0.1) is 0 Å². The molecular formula is C22H18ClFN2O. The molecule has 0 fully saturated rings. The van der Waals surface area contributed by atoms with Gasteiger partial charge in [-0.2, -0.15) is 0 Å². The normalized spacial score (nSPS) is 14.7. The molecule has 4 rings (SSSR count). The van der Waals surface area contributed by atoms with Gasteiger partial charge in [-0.3, -0.25) is 4.79 Å². The van der Waals surface area contributed by atoms with Crippen LogP contribution in [0.3, 0.4) is 0 Å². The van der Waals surface area contributed by atoms with Crippen molar-refractivity contribution < 1.29 is 9.18 Å². The number of nitrogens with one attached hydrogen (secondary N) is 1. The maximum Gasteiger partial charge on any atom is 0.246 e. The number of halogens is 2. The van der Waals surface area contributed by atoms with Crippen LogP contribution in [0.15, 0.2) is 60.8 Å². The van der Waals surface area contributed by atoms with E-state index in [1.807, 2.05) is 24.4 Å². The highest BCUT2D eigenvalue weighted by molar-refractivity contribution is 6.31. The van der Waals surface area contributed by atoms with E-state index in [0.717, 1.165) is 28.5 Å². The minimum absolute atomic E-state index is 0.0448. The Labute approximate surface area is 161 Å². The van der Waals surface area contributed by atoms with Crippen molar-refractivity contribution in [1.29, 1.82) is 0 Å². The smallest absolute Gasteiger partial charge is 0.246 e. The summed E-state index contributed by atoms with van der Waals surface area (Å²) in [5.74, 6) is -0.331. The molecule has 0 radical (unpaired) electrons. The van der Waals surface area contributed by atoms with Crippen molar-refractivity contribution in [2.75, 3.05) is 13.1 Å². The quantitative estimate of drug-likeness (QED) is 0.616. The van der Waals surface area contributed by atoms with Gasteiger partial charge < -0.3 is 9.88 Å². The molecule has 1 aliphatic rings. The third-order valence-corrected chi connectivity index (χ3v) is 5.03. The van der Waals surface area contributed by atoms with Crippen molar-refractivity contribution in [3.63, 3.8) is 0 Å². The molecule has 2 aromatic carbocycles. The summed E-state index contributed by atoms with van der Waals surface area (Å²) < 4.78 is 12.9. The van der Waals surface area contributed by atoms with Crippen LogP contribution in [0.1, 0.15) is 17.5 Å². The first-order valence-electron chi connectivity index (χ1n) is 8.79. The molecule has 2 heterocycles. The lowest BCUT2D eigenvalue weighted by Gasteiger charge is -2.25. The van der Waals surface area contributed by atoms with Crippen LogP contribution in [-0.4, -0.2) is 28.9 Å². The molecule has 0 spiro atoms. The summed E-state index contributed by atoms with van der Waals surface area (Å²) >= 11 is 6.13. The molecule has 1 N–H and O–H groups in total. The number of benzene rings is 2. The fraction of sp³-hybridized carbons (Fsp3) is 0.136. The third-order valence-electron chi connectivity index (χ3n) is 4.80. The fourth-order valence-electron chi connectivity index (χ4n) is 3.32. The predicted molar refractivity (Wildman–Crippen MR) is 108 cm³/mol. The Morgan fingerprint density at radius 1 is 1.19 bits per heavy atom. The van der Waals surface area contributed by atoms with Crippen molar-refractivity contribution in [1.82, 2.24) is 9.88 Å². The second-order valence-corrected chi connectivity index (χ2v) is 6.98. The Balaban J connectivity index is 1.46. The molecule has 3 nitrogen and oxygen atoms in total. The second kappa shape index (κ2) is 7.41. The van der Waals surface area contributed by atoms with Crippen LogP contribution in [0.25, 0.3) is 22.6 Å². The lowest BCUT2D eigenvalue weighted by molar-refractivity contribution is -0.125. The number of rotatable bonds is 3. The highest BCUT2D eigenvalue weighted by Crippen LogP contribution is 2.30. The van der Waals surface area contributed by atoms with Gasteiger partial charge in [0.1, 0.15) is 5.82 Å². The fourth-order valence-corrected chi connectivity index (χ4v) is 3.49. The number of H-pyrrole nitrogens is 1. The average Bonchev–Trinajstić information content (AvgIpc) is 3.10. The zero-order chi connectivity index (χ0) is 18.8. The number of amides is 1. The molecular weight excluding hydrogens is 363 g/mol. The van der Waals surface area contributed by atoms with E-state index in [9.17, 15) is 9.18 Å². The summed E-state index contributed by atoms with van der Waals surface area (Å²) in [6.45, 7) is 1.22. The van der Waals surface area contributed by atoms with Crippen molar-refractivity contribution >= 4 is 40.1 Å². The Morgan fingerprint density at radius 2 is 2.00 bits per heavy atom. The number of aromatic nitrogens is 1. The molecule has 0 atom stereocenters. The van der Waals surface area contributed by atoms with Crippen LogP contribution in [0, 0.1) is 5.82 Å². The summed E-state index contributed by atoms with van der Waals surface area (Å²) in [5, 5.41) is 1.81. The van der Waals surface area contributed by atoms with Gasteiger partial charge >= 0.3 is 0 Å². The molecule has 1 aliphatic heterocycles. The molecule has 0 bridgehead atoms. The highest BCUT2D eigenvalue weighted by atomic mass is 35.5. The van der Waals surface area contributed by atoms with Crippen LogP contribution < -0.4 is 0 Å². The van der Waals surface area contributed by atoms with Gasteiger partial charge in [0.15, 0.2) is 0 Å². The van der Waals surface area contributed by atoms with E-state index in [2.05, 4.69) is 11.1 Å². The van der Waals surface area contributed by atoms with Crippen LogP contribution in [-0.2, 0) is 4.79 Å². The van der Waals surface area contributed by atoms with Crippen LogP contribution in [0.5, 0.6) is 0 Å². The maximum atomic E-state index is 12.9. The molecule has 0 unspecified atom stereocenters. The van der Waals surface area contributed by atoms with E-state index in [0.29, 0.717) is 18.1 Å². The molecule has 0 aliphatic carbocycles. The lowest BCUT2D eigenvalue weighted by Crippen LogP contribution is -2.33. The zero-order valence-electron chi connectivity index (χ0n) is 14.6. The molecule has 0 saturated heterocycles. The Hall–Kier alpha value is -2.85. The first-order chi connectivity index (χ1) is 13.1. The lowest BCUT2D eigenvalue weighted by atomic mass is 9.99. The van der Waals surface area contributed by atoms with Gasteiger partial charge in [0.25, 0.3) is 0 Å². The minimum Gasteiger partial charge on any atom is -0.361 e. The Morgan fingerprint density at radius 3 is 2.74 bits per heavy atom. The van der Waals surface area contributed by atoms with Crippen molar-refractivity contribution in [3.05, 3.63) is 82.8 Å². The minimum atomic E-state index is -0.286. The number of fused-ring (bicyclic) bond motifs is 1. The zero-order valence-corrected chi connectivity index (χ0v) is 15.3. The largest absolute Gasteiger partial charge is 0.361 e. The monoisotopic (exact) mass is 380 g/mol.